The Kier molecular flexibility index (Phi) is 4.83. The highest BCUT2D eigenvalue weighted by atomic mass is 32.1. The van der Waals surface area contributed by atoms with Crippen molar-refractivity contribution in [2.75, 3.05) is 5.32 Å². The molecule has 0 radical (unpaired) electrons. The van der Waals surface area contributed by atoms with Gasteiger partial charge in [0.1, 0.15) is 28.1 Å². The molecule has 2 aromatic heterocycles. The maximum atomic E-state index is 12.9. The molecule has 0 saturated carbocycles. The monoisotopic (exact) mass is 399 g/mol. The van der Waals surface area contributed by atoms with Crippen molar-refractivity contribution in [1.82, 2.24) is 9.97 Å². The Morgan fingerprint density at radius 3 is 2.67 bits per heavy atom. The zero-order valence-electron chi connectivity index (χ0n) is 14.2. The van der Waals surface area contributed by atoms with E-state index in [1.165, 1.54) is 34.8 Å². The van der Waals surface area contributed by atoms with Crippen LogP contribution in [-0.2, 0) is 6.61 Å². The molecule has 136 valence electrons. The predicted molar refractivity (Wildman–Crippen MR) is 105 cm³/mol. The fourth-order valence-corrected chi connectivity index (χ4v) is 4.21. The average molecular weight is 399 g/mol. The standard InChI is InChI=1S/C19H14FN3O2S2/c1-11-17(18(24)23-19-22-14-4-2-3-5-15(14)26-19)27-16(21-11)10-25-13-8-6-12(20)7-9-13/h2-9H,10H2,1H3,(H,22,23,24). The maximum Gasteiger partial charge on any atom is 0.269 e. The number of aryl methyl sites for hydroxylation is 1. The average Bonchev–Trinajstić information content (AvgIpc) is 3.23. The summed E-state index contributed by atoms with van der Waals surface area (Å²) >= 11 is 2.70. The molecule has 4 rings (SSSR count). The van der Waals surface area contributed by atoms with Crippen LogP contribution >= 0.6 is 22.7 Å². The van der Waals surface area contributed by atoms with Crippen molar-refractivity contribution in [3.63, 3.8) is 0 Å². The summed E-state index contributed by atoms with van der Waals surface area (Å²) in [5.74, 6) is -0.0110. The van der Waals surface area contributed by atoms with Gasteiger partial charge in [-0.3, -0.25) is 10.1 Å². The van der Waals surface area contributed by atoms with E-state index in [1.807, 2.05) is 24.3 Å². The Labute approximate surface area is 162 Å². The SMILES string of the molecule is Cc1nc(COc2ccc(F)cc2)sc1C(=O)Nc1nc2ccccc2s1. The normalized spacial score (nSPS) is 10.9. The van der Waals surface area contributed by atoms with Gasteiger partial charge in [-0.15, -0.1) is 11.3 Å². The summed E-state index contributed by atoms with van der Waals surface area (Å²) in [6, 6.07) is 13.5. The van der Waals surface area contributed by atoms with Crippen molar-refractivity contribution < 1.29 is 13.9 Å². The molecule has 8 heteroatoms. The first-order valence-electron chi connectivity index (χ1n) is 8.10. The third kappa shape index (κ3) is 3.96. The van der Waals surface area contributed by atoms with Crippen LogP contribution in [-0.4, -0.2) is 15.9 Å². The lowest BCUT2D eigenvalue weighted by Crippen LogP contribution is -2.11. The number of nitrogens with one attached hydrogen (secondary N) is 1. The second kappa shape index (κ2) is 7.42. The minimum atomic E-state index is -0.318. The number of benzene rings is 2. The number of hydrogen-bond donors (Lipinski definition) is 1. The molecule has 0 bridgehead atoms. The largest absolute Gasteiger partial charge is 0.486 e. The molecule has 0 atom stereocenters. The molecule has 0 unspecified atom stereocenters. The third-order valence-electron chi connectivity index (χ3n) is 3.74. The van der Waals surface area contributed by atoms with E-state index in [-0.39, 0.29) is 18.3 Å². The number of fused-ring (bicyclic) bond motifs is 1. The molecular formula is C19H14FN3O2S2. The van der Waals surface area contributed by atoms with Gasteiger partial charge in [0, 0.05) is 0 Å². The molecule has 0 fully saturated rings. The Morgan fingerprint density at radius 2 is 1.89 bits per heavy atom. The highest BCUT2D eigenvalue weighted by molar-refractivity contribution is 7.22. The van der Waals surface area contributed by atoms with E-state index >= 15 is 0 Å². The van der Waals surface area contributed by atoms with E-state index in [0.717, 1.165) is 10.2 Å². The van der Waals surface area contributed by atoms with Crippen LogP contribution in [0.3, 0.4) is 0 Å². The summed E-state index contributed by atoms with van der Waals surface area (Å²) in [4.78, 5) is 21.9. The molecule has 5 nitrogen and oxygen atoms in total. The van der Waals surface area contributed by atoms with Crippen molar-refractivity contribution >= 4 is 43.9 Å². The molecular weight excluding hydrogens is 385 g/mol. The van der Waals surface area contributed by atoms with Crippen LogP contribution in [0.4, 0.5) is 9.52 Å². The number of halogens is 1. The number of amides is 1. The van der Waals surface area contributed by atoms with E-state index < -0.39 is 0 Å². The molecule has 4 aromatic rings. The zero-order valence-corrected chi connectivity index (χ0v) is 15.9. The predicted octanol–water partition coefficient (Wildman–Crippen LogP) is 5.03. The number of carbonyl (C=O) groups is 1. The number of hydrogen-bond acceptors (Lipinski definition) is 6. The van der Waals surface area contributed by atoms with E-state index in [0.29, 0.717) is 26.5 Å². The maximum absolute atomic E-state index is 12.9. The number of para-hydroxylation sites is 1. The Bertz CT molecular complexity index is 1070. The summed E-state index contributed by atoms with van der Waals surface area (Å²) < 4.78 is 19.5. The van der Waals surface area contributed by atoms with Crippen LogP contribution in [0, 0.1) is 12.7 Å². The second-order valence-electron chi connectivity index (χ2n) is 5.71. The van der Waals surface area contributed by atoms with E-state index in [2.05, 4.69) is 15.3 Å². The van der Waals surface area contributed by atoms with Crippen molar-refractivity contribution in [2.45, 2.75) is 13.5 Å². The highest BCUT2D eigenvalue weighted by Crippen LogP contribution is 2.27. The first kappa shape index (κ1) is 17.6. The van der Waals surface area contributed by atoms with Crippen molar-refractivity contribution in [3.8, 4) is 5.75 Å². The number of nitrogens with zero attached hydrogens (tertiary/aromatic N) is 2. The van der Waals surface area contributed by atoms with Gasteiger partial charge < -0.3 is 4.74 Å². The minimum Gasteiger partial charge on any atom is -0.486 e. The van der Waals surface area contributed by atoms with Crippen LogP contribution < -0.4 is 10.1 Å². The number of anilines is 1. The molecule has 0 aliphatic rings. The Morgan fingerprint density at radius 1 is 1.11 bits per heavy atom. The van der Waals surface area contributed by atoms with Gasteiger partial charge in [0.25, 0.3) is 5.91 Å². The van der Waals surface area contributed by atoms with E-state index in [4.69, 9.17) is 4.74 Å². The van der Waals surface area contributed by atoms with Gasteiger partial charge in [-0.05, 0) is 43.3 Å². The second-order valence-corrected chi connectivity index (χ2v) is 7.82. The molecule has 27 heavy (non-hydrogen) atoms. The van der Waals surface area contributed by atoms with Gasteiger partial charge in [0.05, 0.1) is 15.9 Å². The molecule has 0 saturated heterocycles. The summed E-state index contributed by atoms with van der Waals surface area (Å²) in [6.07, 6.45) is 0. The molecule has 0 spiro atoms. The number of carbonyl (C=O) groups excluding carboxylic acids is 1. The van der Waals surface area contributed by atoms with Gasteiger partial charge in [-0.1, -0.05) is 23.5 Å². The molecule has 1 amide bonds. The first-order chi connectivity index (χ1) is 13.1. The van der Waals surface area contributed by atoms with E-state index in [9.17, 15) is 9.18 Å². The number of ether oxygens (including phenoxy) is 1. The lowest BCUT2D eigenvalue weighted by atomic mass is 10.3. The van der Waals surface area contributed by atoms with Crippen LogP contribution in [0.15, 0.2) is 48.5 Å². The topological polar surface area (TPSA) is 64.1 Å². The van der Waals surface area contributed by atoms with Crippen LogP contribution in [0.25, 0.3) is 10.2 Å². The molecule has 0 aliphatic heterocycles. The Hall–Kier alpha value is -2.84. The van der Waals surface area contributed by atoms with Crippen molar-refractivity contribution in [1.29, 1.82) is 0 Å². The van der Waals surface area contributed by atoms with Crippen LogP contribution in [0.5, 0.6) is 5.75 Å². The highest BCUT2D eigenvalue weighted by Gasteiger charge is 2.17. The molecule has 2 aromatic carbocycles. The number of aromatic nitrogens is 2. The van der Waals surface area contributed by atoms with Crippen LogP contribution in [0.1, 0.15) is 20.4 Å². The van der Waals surface area contributed by atoms with Gasteiger partial charge in [-0.2, -0.15) is 0 Å². The fourth-order valence-electron chi connectivity index (χ4n) is 2.48. The van der Waals surface area contributed by atoms with E-state index in [1.54, 1.807) is 19.1 Å². The number of rotatable bonds is 5. The fraction of sp³-hybridized carbons (Fsp3) is 0.105. The number of thiazole rings is 2. The quantitative estimate of drug-likeness (QED) is 0.511. The summed E-state index contributed by atoms with van der Waals surface area (Å²) in [6.45, 7) is 2.00. The van der Waals surface area contributed by atoms with Crippen molar-refractivity contribution in [2.24, 2.45) is 0 Å². The first-order valence-corrected chi connectivity index (χ1v) is 9.73. The van der Waals surface area contributed by atoms with Gasteiger partial charge in [0.15, 0.2) is 5.13 Å². The minimum absolute atomic E-state index is 0.214. The van der Waals surface area contributed by atoms with Crippen molar-refractivity contribution in [3.05, 3.63) is 69.9 Å². The molecule has 1 N–H and O–H groups in total. The lowest BCUT2D eigenvalue weighted by molar-refractivity contribution is 0.103. The summed E-state index contributed by atoms with van der Waals surface area (Å²) in [7, 11) is 0. The van der Waals surface area contributed by atoms with Gasteiger partial charge in [-0.25, -0.2) is 14.4 Å². The molecule has 0 aliphatic carbocycles. The van der Waals surface area contributed by atoms with Gasteiger partial charge >= 0.3 is 0 Å². The molecule has 2 heterocycles. The summed E-state index contributed by atoms with van der Waals surface area (Å²) in [5, 5.41) is 4.06. The van der Waals surface area contributed by atoms with Crippen LogP contribution in [0.2, 0.25) is 0 Å². The van der Waals surface area contributed by atoms with Gasteiger partial charge in [0.2, 0.25) is 0 Å². The third-order valence-corrected chi connectivity index (χ3v) is 5.82. The smallest absolute Gasteiger partial charge is 0.269 e. The lowest BCUT2D eigenvalue weighted by Gasteiger charge is -2.03. The summed E-state index contributed by atoms with van der Waals surface area (Å²) in [5.41, 5.74) is 1.49. The Balaban J connectivity index is 1.45. The zero-order chi connectivity index (χ0) is 18.8.